The van der Waals surface area contributed by atoms with Crippen molar-refractivity contribution >= 4 is 57.1 Å². The minimum Gasteiger partial charge on any atom is -0.307 e. The summed E-state index contributed by atoms with van der Waals surface area (Å²) in [6.07, 6.45) is 3.75. The molecule has 8 heteroatoms. The maximum Gasteiger partial charge on any atom is 0.258 e. The normalized spacial score (nSPS) is 12.1. The molecule has 0 aliphatic heterocycles. The smallest absolute Gasteiger partial charge is 0.258 e. The number of carbonyl (C=O) groups excluding carboxylic acids is 1. The number of rotatable bonds is 7. The first-order valence-corrected chi connectivity index (χ1v) is 11.7. The summed E-state index contributed by atoms with van der Waals surface area (Å²) in [4.78, 5) is 22.8. The second-order valence-electron chi connectivity index (χ2n) is 7.87. The minimum atomic E-state index is -0.424. The molecule has 0 fully saturated rings. The first kappa shape index (κ1) is 23.0. The molecule has 1 N–H and O–H groups in total. The first-order chi connectivity index (χ1) is 16.0. The molecule has 168 valence electrons. The highest BCUT2D eigenvalue weighted by atomic mass is 35.5. The maximum absolute atomic E-state index is 13.2. The summed E-state index contributed by atoms with van der Waals surface area (Å²) in [6, 6.07) is 14.5. The summed E-state index contributed by atoms with van der Waals surface area (Å²) < 4.78 is 1.96. The van der Waals surface area contributed by atoms with Crippen molar-refractivity contribution in [2.45, 2.75) is 45.6 Å². The van der Waals surface area contributed by atoms with Crippen molar-refractivity contribution in [3.63, 3.8) is 0 Å². The Balaban J connectivity index is 1.94. The van der Waals surface area contributed by atoms with E-state index in [0.717, 1.165) is 31.2 Å². The second kappa shape index (κ2) is 9.78. The van der Waals surface area contributed by atoms with Crippen molar-refractivity contribution in [2.75, 3.05) is 5.32 Å². The third-order valence-electron chi connectivity index (χ3n) is 5.74. The fourth-order valence-electron chi connectivity index (χ4n) is 4.05. The van der Waals surface area contributed by atoms with Gasteiger partial charge in [-0.1, -0.05) is 62.0 Å². The average molecular weight is 480 g/mol. The van der Waals surface area contributed by atoms with Crippen molar-refractivity contribution in [1.29, 1.82) is 5.26 Å². The number of hydrogen-bond acceptors (Lipinski definition) is 4. The third kappa shape index (κ3) is 4.39. The number of unbranched alkanes of at least 4 members (excludes halogenated alkanes) is 1. The van der Waals surface area contributed by atoms with Crippen LogP contribution in [-0.4, -0.2) is 20.4 Å². The van der Waals surface area contributed by atoms with Crippen LogP contribution in [-0.2, 0) is 0 Å². The lowest BCUT2D eigenvalue weighted by atomic mass is 10.1. The van der Waals surface area contributed by atoms with E-state index in [-0.39, 0.29) is 22.2 Å². The van der Waals surface area contributed by atoms with Gasteiger partial charge in [0.15, 0.2) is 5.65 Å². The molecule has 0 radical (unpaired) electrons. The summed E-state index contributed by atoms with van der Waals surface area (Å²) in [7, 11) is 0. The zero-order valence-electron chi connectivity index (χ0n) is 18.4. The molecule has 2 heterocycles. The van der Waals surface area contributed by atoms with Crippen molar-refractivity contribution in [3.8, 4) is 6.07 Å². The van der Waals surface area contributed by atoms with Gasteiger partial charge in [0.05, 0.1) is 21.6 Å². The Morgan fingerprint density at radius 2 is 1.88 bits per heavy atom. The molecule has 0 unspecified atom stereocenters. The van der Waals surface area contributed by atoms with Crippen molar-refractivity contribution in [2.24, 2.45) is 0 Å². The van der Waals surface area contributed by atoms with Gasteiger partial charge in [-0.3, -0.25) is 4.79 Å². The van der Waals surface area contributed by atoms with Crippen LogP contribution in [0.15, 0.2) is 42.5 Å². The predicted octanol–water partition coefficient (Wildman–Crippen LogP) is 7.16. The summed E-state index contributed by atoms with van der Waals surface area (Å²) in [6.45, 7) is 4.23. The molecule has 0 saturated carbocycles. The van der Waals surface area contributed by atoms with Gasteiger partial charge in [0.1, 0.15) is 23.0 Å². The number of anilines is 1. The Bertz CT molecular complexity index is 1390. The van der Waals surface area contributed by atoms with E-state index in [1.807, 2.05) is 28.8 Å². The van der Waals surface area contributed by atoms with Crippen LogP contribution in [0.3, 0.4) is 0 Å². The number of aromatic nitrogens is 3. The van der Waals surface area contributed by atoms with Crippen LogP contribution >= 0.6 is 23.2 Å². The van der Waals surface area contributed by atoms with Gasteiger partial charge in [0, 0.05) is 11.1 Å². The summed E-state index contributed by atoms with van der Waals surface area (Å²) in [5.74, 6) is -0.0334. The van der Waals surface area contributed by atoms with Crippen LogP contribution < -0.4 is 5.32 Å². The van der Waals surface area contributed by atoms with E-state index in [1.54, 1.807) is 12.1 Å². The van der Waals surface area contributed by atoms with Crippen LogP contribution in [0.5, 0.6) is 0 Å². The van der Waals surface area contributed by atoms with Gasteiger partial charge in [0.25, 0.3) is 5.91 Å². The van der Waals surface area contributed by atoms with Crippen LogP contribution in [0, 0.1) is 11.3 Å². The van der Waals surface area contributed by atoms with Gasteiger partial charge in [0.2, 0.25) is 0 Å². The van der Waals surface area contributed by atoms with Gasteiger partial charge in [-0.05, 0) is 43.2 Å². The molecule has 0 aliphatic carbocycles. The SMILES string of the molecule is CCCC[C@@H](CC)n1c(NC(=O)c2ccc(Cl)cc2Cl)c(C#N)c2nc3ccccc3nc21. The number of halogens is 2. The summed E-state index contributed by atoms with van der Waals surface area (Å²) in [5, 5.41) is 13.7. The van der Waals surface area contributed by atoms with Crippen molar-refractivity contribution in [1.82, 2.24) is 14.5 Å². The molecular weight excluding hydrogens is 457 g/mol. The standard InChI is InChI=1S/C25H23Cl2N5O/c1-3-5-8-16(4-2)32-23(31-25(33)17-12-11-15(26)13-19(17)27)18(14-28)22-24(32)30-21-10-7-6-9-20(21)29-22/h6-7,9-13,16H,3-5,8H2,1-2H3,(H,31,33)/t16-/m1/s1. The van der Waals surface area contributed by atoms with E-state index in [0.29, 0.717) is 27.5 Å². The van der Waals surface area contributed by atoms with E-state index in [2.05, 4.69) is 25.2 Å². The number of benzene rings is 2. The molecule has 4 rings (SSSR count). The summed E-state index contributed by atoms with van der Waals surface area (Å²) in [5.41, 5.74) is 3.05. The number of nitrogens with zero attached hydrogens (tertiary/aromatic N) is 4. The molecular formula is C25H23Cl2N5O. The Morgan fingerprint density at radius 3 is 2.52 bits per heavy atom. The van der Waals surface area contributed by atoms with E-state index in [4.69, 9.17) is 33.2 Å². The molecule has 0 bridgehead atoms. The number of fused-ring (bicyclic) bond motifs is 2. The fourth-order valence-corrected chi connectivity index (χ4v) is 4.55. The highest BCUT2D eigenvalue weighted by Crippen LogP contribution is 2.36. The number of nitriles is 1. The highest BCUT2D eigenvalue weighted by molar-refractivity contribution is 6.37. The molecule has 2 aromatic carbocycles. The van der Waals surface area contributed by atoms with Gasteiger partial charge < -0.3 is 9.88 Å². The number of amides is 1. The number of carbonyl (C=O) groups is 1. The topological polar surface area (TPSA) is 83.6 Å². The molecule has 4 aromatic rings. The Kier molecular flexibility index (Phi) is 6.83. The lowest BCUT2D eigenvalue weighted by Crippen LogP contribution is -2.19. The van der Waals surface area contributed by atoms with Crippen molar-refractivity contribution < 1.29 is 4.79 Å². The van der Waals surface area contributed by atoms with Gasteiger partial charge in [-0.15, -0.1) is 0 Å². The lowest BCUT2D eigenvalue weighted by Gasteiger charge is -2.21. The second-order valence-corrected chi connectivity index (χ2v) is 8.72. The molecule has 0 aliphatic rings. The zero-order valence-corrected chi connectivity index (χ0v) is 19.9. The quantitative estimate of drug-likeness (QED) is 0.304. The molecule has 0 saturated heterocycles. The molecule has 0 spiro atoms. The fraction of sp³-hybridized carbons (Fsp3) is 0.280. The lowest BCUT2D eigenvalue weighted by molar-refractivity contribution is 0.102. The Hall–Kier alpha value is -3.14. The van der Waals surface area contributed by atoms with E-state index >= 15 is 0 Å². The van der Waals surface area contributed by atoms with Crippen LogP contribution in [0.1, 0.15) is 61.5 Å². The van der Waals surface area contributed by atoms with Crippen LogP contribution in [0.4, 0.5) is 5.82 Å². The van der Waals surface area contributed by atoms with E-state index < -0.39 is 5.91 Å². The summed E-state index contributed by atoms with van der Waals surface area (Å²) >= 11 is 12.3. The number of nitrogens with one attached hydrogen (secondary N) is 1. The monoisotopic (exact) mass is 479 g/mol. The molecule has 1 atom stereocenters. The zero-order chi connectivity index (χ0) is 23.5. The average Bonchev–Trinajstić information content (AvgIpc) is 3.09. The molecule has 2 aromatic heterocycles. The predicted molar refractivity (Wildman–Crippen MR) is 133 cm³/mol. The van der Waals surface area contributed by atoms with E-state index in [9.17, 15) is 10.1 Å². The minimum absolute atomic E-state index is 0.0426. The number of hydrogen-bond donors (Lipinski definition) is 1. The Labute approximate surface area is 202 Å². The number of para-hydroxylation sites is 2. The van der Waals surface area contributed by atoms with Gasteiger partial charge in [-0.25, -0.2) is 9.97 Å². The van der Waals surface area contributed by atoms with Gasteiger partial charge in [-0.2, -0.15) is 5.26 Å². The molecule has 6 nitrogen and oxygen atoms in total. The molecule has 33 heavy (non-hydrogen) atoms. The van der Waals surface area contributed by atoms with Gasteiger partial charge >= 0.3 is 0 Å². The maximum atomic E-state index is 13.2. The first-order valence-electron chi connectivity index (χ1n) is 11.0. The van der Waals surface area contributed by atoms with Crippen LogP contribution in [0.25, 0.3) is 22.2 Å². The third-order valence-corrected chi connectivity index (χ3v) is 6.29. The van der Waals surface area contributed by atoms with Crippen LogP contribution in [0.2, 0.25) is 10.0 Å². The molecule has 1 amide bonds. The Morgan fingerprint density at radius 1 is 1.15 bits per heavy atom. The van der Waals surface area contributed by atoms with E-state index in [1.165, 1.54) is 6.07 Å². The largest absolute Gasteiger partial charge is 0.307 e. The van der Waals surface area contributed by atoms with Crippen molar-refractivity contribution in [3.05, 3.63) is 63.6 Å². The highest BCUT2D eigenvalue weighted by Gasteiger charge is 2.26.